The SMILES string of the molecule is CC(C(=O)O)c1cccc(C(F)F)c1O. The van der Waals surface area contributed by atoms with E-state index in [1.54, 1.807) is 0 Å². The Hall–Kier alpha value is -1.65. The molecule has 0 aliphatic heterocycles. The zero-order valence-corrected chi connectivity index (χ0v) is 7.95. The highest BCUT2D eigenvalue weighted by molar-refractivity contribution is 5.76. The molecule has 5 heteroatoms. The van der Waals surface area contributed by atoms with Crippen LogP contribution in [0.4, 0.5) is 8.78 Å². The van der Waals surface area contributed by atoms with E-state index in [2.05, 4.69) is 0 Å². The smallest absolute Gasteiger partial charge is 0.310 e. The van der Waals surface area contributed by atoms with E-state index in [1.165, 1.54) is 19.1 Å². The summed E-state index contributed by atoms with van der Waals surface area (Å²) < 4.78 is 24.7. The number of benzene rings is 1. The standard InChI is InChI=1S/C10H10F2O3/c1-5(10(14)15)6-3-2-4-7(8(6)13)9(11)12/h2-5,9,13H,1H3,(H,14,15). The predicted molar refractivity (Wildman–Crippen MR) is 49.1 cm³/mol. The van der Waals surface area contributed by atoms with Gasteiger partial charge in [-0.25, -0.2) is 8.78 Å². The van der Waals surface area contributed by atoms with Crippen LogP contribution in [0.3, 0.4) is 0 Å². The molecule has 0 saturated heterocycles. The minimum absolute atomic E-state index is 0.000278. The molecule has 1 aromatic rings. The molecule has 3 nitrogen and oxygen atoms in total. The summed E-state index contributed by atoms with van der Waals surface area (Å²) in [4.78, 5) is 10.6. The van der Waals surface area contributed by atoms with Gasteiger partial charge in [0.1, 0.15) is 5.75 Å². The van der Waals surface area contributed by atoms with Gasteiger partial charge in [-0.1, -0.05) is 12.1 Å². The summed E-state index contributed by atoms with van der Waals surface area (Å²) in [5.41, 5.74) is -0.541. The molecule has 1 unspecified atom stereocenters. The van der Waals surface area contributed by atoms with Gasteiger partial charge in [0, 0.05) is 5.56 Å². The van der Waals surface area contributed by atoms with Crippen molar-refractivity contribution >= 4 is 5.97 Å². The number of aliphatic carboxylic acids is 1. The first-order chi connectivity index (χ1) is 6.95. The van der Waals surface area contributed by atoms with E-state index in [-0.39, 0.29) is 5.56 Å². The Kier molecular flexibility index (Phi) is 3.24. The molecule has 0 radical (unpaired) electrons. The first kappa shape index (κ1) is 11.4. The monoisotopic (exact) mass is 216 g/mol. The largest absolute Gasteiger partial charge is 0.507 e. The number of phenols is 1. The van der Waals surface area contributed by atoms with E-state index in [4.69, 9.17) is 5.11 Å². The van der Waals surface area contributed by atoms with Crippen LogP contribution in [0.15, 0.2) is 18.2 Å². The van der Waals surface area contributed by atoms with Crippen LogP contribution in [0.1, 0.15) is 30.4 Å². The molecule has 0 heterocycles. The number of phenolic OH excluding ortho intramolecular Hbond substituents is 1. The van der Waals surface area contributed by atoms with Crippen molar-refractivity contribution in [2.75, 3.05) is 0 Å². The van der Waals surface area contributed by atoms with Gasteiger partial charge in [0.15, 0.2) is 0 Å². The topological polar surface area (TPSA) is 57.5 Å². The number of hydrogen-bond donors (Lipinski definition) is 2. The normalized spacial score (nSPS) is 12.8. The van der Waals surface area contributed by atoms with Crippen molar-refractivity contribution < 1.29 is 23.8 Å². The number of halogens is 2. The lowest BCUT2D eigenvalue weighted by atomic mass is 9.98. The Labute approximate surface area is 85.0 Å². The number of aromatic hydroxyl groups is 1. The second-order valence-electron chi connectivity index (χ2n) is 3.15. The zero-order chi connectivity index (χ0) is 11.6. The van der Waals surface area contributed by atoms with Crippen molar-refractivity contribution in [2.45, 2.75) is 19.3 Å². The first-order valence-electron chi connectivity index (χ1n) is 4.28. The van der Waals surface area contributed by atoms with Gasteiger partial charge in [-0.3, -0.25) is 4.79 Å². The van der Waals surface area contributed by atoms with Gasteiger partial charge in [0.2, 0.25) is 0 Å². The molecule has 0 fully saturated rings. The maximum atomic E-state index is 12.4. The van der Waals surface area contributed by atoms with Crippen LogP contribution in [0.25, 0.3) is 0 Å². The van der Waals surface area contributed by atoms with Crippen molar-refractivity contribution in [3.8, 4) is 5.75 Å². The molecule has 0 aromatic heterocycles. The molecule has 15 heavy (non-hydrogen) atoms. The first-order valence-corrected chi connectivity index (χ1v) is 4.28. The van der Waals surface area contributed by atoms with Gasteiger partial charge < -0.3 is 10.2 Å². The van der Waals surface area contributed by atoms with E-state index >= 15 is 0 Å². The van der Waals surface area contributed by atoms with Gasteiger partial charge in [-0.05, 0) is 13.0 Å². The number of rotatable bonds is 3. The zero-order valence-electron chi connectivity index (χ0n) is 7.95. The summed E-state index contributed by atoms with van der Waals surface area (Å²) in [6.45, 7) is 1.33. The van der Waals surface area contributed by atoms with Crippen molar-refractivity contribution in [3.63, 3.8) is 0 Å². The maximum Gasteiger partial charge on any atom is 0.310 e. The molecule has 0 aliphatic rings. The Morgan fingerprint density at radius 3 is 2.33 bits per heavy atom. The van der Waals surface area contributed by atoms with Gasteiger partial charge in [0.25, 0.3) is 6.43 Å². The second kappa shape index (κ2) is 4.25. The van der Waals surface area contributed by atoms with Crippen LogP contribution in [0, 0.1) is 0 Å². The second-order valence-corrected chi connectivity index (χ2v) is 3.15. The molecule has 0 spiro atoms. The lowest BCUT2D eigenvalue weighted by molar-refractivity contribution is -0.138. The Bertz CT molecular complexity index is 377. The highest BCUT2D eigenvalue weighted by Crippen LogP contribution is 2.34. The molecular weight excluding hydrogens is 206 g/mol. The fourth-order valence-electron chi connectivity index (χ4n) is 1.24. The summed E-state index contributed by atoms with van der Waals surface area (Å²) in [6.07, 6.45) is -2.81. The number of carbonyl (C=O) groups is 1. The van der Waals surface area contributed by atoms with E-state index in [9.17, 15) is 18.7 Å². The van der Waals surface area contributed by atoms with Gasteiger partial charge in [-0.15, -0.1) is 0 Å². The van der Waals surface area contributed by atoms with Gasteiger partial charge in [0.05, 0.1) is 11.5 Å². The molecule has 2 N–H and O–H groups in total. The molecule has 0 bridgehead atoms. The molecule has 0 amide bonds. The minimum Gasteiger partial charge on any atom is -0.507 e. The molecule has 1 rings (SSSR count). The fraction of sp³-hybridized carbons (Fsp3) is 0.300. The van der Waals surface area contributed by atoms with Gasteiger partial charge >= 0.3 is 5.97 Å². The van der Waals surface area contributed by atoms with Crippen molar-refractivity contribution in [1.82, 2.24) is 0 Å². The van der Waals surface area contributed by atoms with Crippen molar-refractivity contribution in [2.24, 2.45) is 0 Å². The average Bonchev–Trinajstić information content (AvgIpc) is 2.16. The highest BCUT2D eigenvalue weighted by Gasteiger charge is 2.22. The Morgan fingerprint density at radius 2 is 1.87 bits per heavy atom. The summed E-state index contributed by atoms with van der Waals surface area (Å²) in [6, 6.07) is 3.69. The number of carboxylic acids is 1. The van der Waals surface area contributed by atoms with E-state index in [0.717, 1.165) is 6.07 Å². The average molecular weight is 216 g/mol. The number of para-hydroxylation sites is 1. The Balaban J connectivity index is 3.21. The fourth-order valence-corrected chi connectivity index (χ4v) is 1.24. The minimum atomic E-state index is -2.81. The maximum absolute atomic E-state index is 12.4. The van der Waals surface area contributed by atoms with Crippen LogP contribution in [-0.4, -0.2) is 16.2 Å². The van der Waals surface area contributed by atoms with Crippen LogP contribution in [0.2, 0.25) is 0 Å². The van der Waals surface area contributed by atoms with E-state index in [0.29, 0.717) is 0 Å². The lowest BCUT2D eigenvalue weighted by Gasteiger charge is -2.11. The molecule has 0 saturated carbocycles. The van der Waals surface area contributed by atoms with Crippen LogP contribution >= 0.6 is 0 Å². The van der Waals surface area contributed by atoms with Crippen LogP contribution < -0.4 is 0 Å². The lowest BCUT2D eigenvalue weighted by Crippen LogP contribution is -2.08. The summed E-state index contributed by atoms with van der Waals surface area (Å²) in [5, 5.41) is 18.1. The summed E-state index contributed by atoms with van der Waals surface area (Å²) >= 11 is 0. The quantitative estimate of drug-likeness (QED) is 0.816. The number of hydrogen-bond acceptors (Lipinski definition) is 2. The van der Waals surface area contributed by atoms with Crippen molar-refractivity contribution in [1.29, 1.82) is 0 Å². The molecular formula is C10H10F2O3. The van der Waals surface area contributed by atoms with Gasteiger partial charge in [-0.2, -0.15) is 0 Å². The number of carboxylic acid groups (broad SMARTS) is 1. The molecule has 1 aromatic carbocycles. The summed E-state index contributed by atoms with van der Waals surface area (Å²) in [7, 11) is 0. The predicted octanol–water partition coefficient (Wildman–Crippen LogP) is 2.52. The highest BCUT2D eigenvalue weighted by atomic mass is 19.3. The van der Waals surface area contributed by atoms with E-state index < -0.39 is 29.6 Å². The van der Waals surface area contributed by atoms with E-state index in [1.807, 2.05) is 0 Å². The molecule has 0 aliphatic carbocycles. The van der Waals surface area contributed by atoms with Crippen molar-refractivity contribution in [3.05, 3.63) is 29.3 Å². The third-order valence-corrected chi connectivity index (χ3v) is 2.17. The number of alkyl halides is 2. The molecule has 1 atom stereocenters. The van der Waals surface area contributed by atoms with Crippen LogP contribution in [0.5, 0.6) is 5.75 Å². The van der Waals surface area contributed by atoms with Crippen LogP contribution in [-0.2, 0) is 4.79 Å². The third-order valence-electron chi connectivity index (χ3n) is 2.17. The third kappa shape index (κ3) is 2.23. The molecule has 82 valence electrons. The Morgan fingerprint density at radius 1 is 1.33 bits per heavy atom. The summed E-state index contributed by atoms with van der Waals surface area (Å²) in [5.74, 6) is -2.82.